The third kappa shape index (κ3) is 2.85. The molecule has 2 atom stereocenters. The minimum atomic E-state index is -2.16. The molecule has 6 nitrogen and oxygen atoms in total. The summed E-state index contributed by atoms with van der Waals surface area (Å²) < 4.78 is 12.5. The third-order valence-electron chi connectivity index (χ3n) is 2.10. The van der Waals surface area contributed by atoms with Gasteiger partial charge in [-0.2, -0.15) is 0 Å². The first-order chi connectivity index (χ1) is 7.54. The standard InChI is InChI=1S/C10H17NO5/c1-10(2,3)16-9(15)11-5-4-6(12)7(11)8(13)14/h6-7,12H,4-5H2,1-3H3,(H,13,14)/t6-,7+/m1/s1/i6D. The molecule has 0 spiro atoms. The van der Waals surface area contributed by atoms with Gasteiger partial charge in [-0.1, -0.05) is 0 Å². The number of aliphatic hydroxyl groups is 1. The molecule has 0 radical (unpaired) electrons. The van der Waals surface area contributed by atoms with E-state index in [1.54, 1.807) is 20.8 Å². The maximum absolute atomic E-state index is 11.7. The van der Waals surface area contributed by atoms with E-state index in [1.165, 1.54) is 0 Å². The minimum absolute atomic E-state index is 0.00806. The SMILES string of the molecule is [2H][C@@]1(O)CCN(C(=O)OC(C)(C)C)[C@@H]1C(=O)O. The van der Waals surface area contributed by atoms with Gasteiger partial charge in [-0.3, -0.25) is 4.90 Å². The van der Waals surface area contributed by atoms with Gasteiger partial charge in [0.15, 0.2) is 6.04 Å². The van der Waals surface area contributed by atoms with Crippen molar-refractivity contribution in [3.63, 3.8) is 0 Å². The first kappa shape index (κ1) is 11.2. The summed E-state index contributed by atoms with van der Waals surface area (Å²) in [6, 6.07) is -1.59. The van der Waals surface area contributed by atoms with E-state index in [1.807, 2.05) is 0 Å². The number of ether oxygens (including phenoxy) is 1. The average molecular weight is 232 g/mol. The maximum Gasteiger partial charge on any atom is 0.411 e. The zero-order valence-electron chi connectivity index (χ0n) is 10.6. The maximum atomic E-state index is 11.7. The first-order valence-corrected chi connectivity index (χ1v) is 4.99. The third-order valence-corrected chi connectivity index (χ3v) is 2.10. The van der Waals surface area contributed by atoms with Gasteiger partial charge in [-0.25, -0.2) is 9.59 Å². The molecule has 1 amide bonds. The molecule has 0 bridgehead atoms. The Kier molecular flexibility index (Phi) is 3.00. The molecule has 0 aromatic carbocycles. The summed E-state index contributed by atoms with van der Waals surface area (Å²) in [5.41, 5.74) is -0.747. The number of likely N-dealkylation sites (tertiary alicyclic amines) is 1. The molecular weight excluding hydrogens is 214 g/mol. The molecule has 1 aliphatic heterocycles. The second-order valence-corrected chi connectivity index (χ2v) is 4.66. The zero-order chi connectivity index (χ0) is 13.4. The molecule has 92 valence electrons. The lowest BCUT2D eigenvalue weighted by Gasteiger charge is -2.27. The van der Waals surface area contributed by atoms with Crippen LogP contribution >= 0.6 is 0 Å². The molecular formula is C10H17NO5. The van der Waals surface area contributed by atoms with Crippen LogP contribution in [-0.4, -0.2) is 51.4 Å². The van der Waals surface area contributed by atoms with Gasteiger partial charge in [0.1, 0.15) is 5.60 Å². The molecule has 0 aliphatic carbocycles. The van der Waals surface area contributed by atoms with E-state index in [0.717, 1.165) is 4.90 Å². The molecule has 1 rings (SSSR count). The highest BCUT2D eigenvalue weighted by molar-refractivity contribution is 5.81. The fourth-order valence-corrected chi connectivity index (χ4v) is 1.47. The van der Waals surface area contributed by atoms with Gasteiger partial charge in [0.2, 0.25) is 0 Å². The number of carbonyl (C=O) groups is 2. The molecule has 1 heterocycles. The van der Waals surface area contributed by atoms with Crippen molar-refractivity contribution in [2.24, 2.45) is 0 Å². The van der Waals surface area contributed by atoms with Crippen LogP contribution in [0.2, 0.25) is 0 Å². The van der Waals surface area contributed by atoms with Crippen molar-refractivity contribution in [1.29, 1.82) is 0 Å². The lowest BCUT2D eigenvalue weighted by Crippen LogP contribution is -2.46. The number of nitrogens with zero attached hydrogens (tertiary/aromatic N) is 1. The van der Waals surface area contributed by atoms with Gasteiger partial charge in [0.05, 0.1) is 7.45 Å². The first-order valence-electron chi connectivity index (χ1n) is 5.49. The van der Waals surface area contributed by atoms with E-state index in [0.29, 0.717) is 0 Å². The Morgan fingerprint density at radius 3 is 2.50 bits per heavy atom. The summed E-state index contributed by atoms with van der Waals surface area (Å²) in [7, 11) is 0. The lowest BCUT2D eigenvalue weighted by atomic mass is 10.2. The molecule has 6 heteroatoms. The Balaban J connectivity index is 2.85. The van der Waals surface area contributed by atoms with E-state index >= 15 is 0 Å². The van der Waals surface area contributed by atoms with Crippen molar-refractivity contribution in [2.45, 2.75) is 44.9 Å². The van der Waals surface area contributed by atoms with E-state index < -0.39 is 29.8 Å². The number of carboxylic acids is 1. The van der Waals surface area contributed by atoms with Crippen LogP contribution in [-0.2, 0) is 9.53 Å². The van der Waals surface area contributed by atoms with Crippen molar-refractivity contribution in [3.05, 3.63) is 0 Å². The van der Waals surface area contributed by atoms with Gasteiger partial charge in [-0.15, -0.1) is 0 Å². The fraction of sp³-hybridized carbons (Fsp3) is 0.800. The summed E-state index contributed by atoms with van der Waals surface area (Å²) in [6.07, 6.45) is -3.10. The Hall–Kier alpha value is -1.30. The van der Waals surface area contributed by atoms with E-state index in [-0.39, 0.29) is 13.0 Å². The number of carboxylic acid groups (broad SMARTS) is 1. The predicted octanol–water partition coefficient (Wildman–Crippen LogP) is 0.441. The smallest absolute Gasteiger partial charge is 0.411 e. The van der Waals surface area contributed by atoms with Crippen LogP contribution < -0.4 is 0 Å². The highest BCUT2D eigenvalue weighted by atomic mass is 16.6. The zero-order valence-corrected chi connectivity index (χ0v) is 9.56. The highest BCUT2D eigenvalue weighted by Crippen LogP contribution is 2.21. The van der Waals surface area contributed by atoms with Crippen molar-refractivity contribution >= 4 is 12.1 Å². The van der Waals surface area contributed by atoms with E-state index in [9.17, 15) is 14.7 Å². The Labute approximate surface area is 95.2 Å². The highest BCUT2D eigenvalue weighted by Gasteiger charge is 2.42. The average Bonchev–Trinajstić information content (AvgIpc) is 2.37. The summed E-state index contributed by atoms with van der Waals surface area (Å²) in [4.78, 5) is 23.6. The number of aliphatic carboxylic acids is 1. The summed E-state index contributed by atoms with van der Waals surface area (Å²) in [5, 5.41) is 18.5. The Morgan fingerprint density at radius 2 is 2.06 bits per heavy atom. The lowest BCUT2D eigenvalue weighted by molar-refractivity contribution is -0.144. The van der Waals surface area contributed by atoms with Crippen molar-refractivity contribution in [3.8, 4) is 0 Å². The molecule has 1 aliphatic rings. The van der Waals surface area contributed by atoms with Crippen LogP contribution in [0.4, 0.5) is 4.79 Å². The molecule has 0 aromatic heterocycles. The van der Waals surface area contributed by atoms with Gasteiger partial charge in [0.25, 0.3) is 0 Å². The summed E-state index contributed by atoms with van der Waals surface area (Å²) in [5.74, 6) is -1.41. The van der Waals surface area contributed by atoms with Crippen LogP contribution in [0.1, 0.15) is 28.6 Å². The second-order valence-electron chi connectivity index (χ2n) is 4.66. The number of amides is 1. The number of hydrogen-bond donors (Lipinski definition) is 2. The monoisotopic (exact) mass is 232 g/mol. The van der Waals surface area contributed by atoms with Gasteiger partial charge in [0, 0.05) is 6.54 Å². The molecule has 0 aromatic rings. The summed E-state index contributed by atoms with van der Waals surface area (Å²) >= 11 is 0. The molecule has 1 saturated heterocycles. The largest absolute Gasteiger partial charge is 0.480 e. The molecule has 0 saturated carbocycles. The second kappa shape index (κ2) is 4.29. The van der Waals surface area contributed by atoms with Gasteiger partial charge < -0.3 is 14.9 Å². The predicted molar refractivity (Wildman–Crippen MR) is 55.0 cm³/mol. The Morgan fingerprint density at radius 1 is 1.50 bits per heavy atom. The quantitative estimate of drug-likeness (QED) is 0.685. The minimum Gasteiger partial charge on any atom is -0.480 e. The molecule has 16 heavy (non-hydrogen) atoms. The molecule has 0 unspecified atom stereocenters. The van der Waals surface area contributed by atoms with Crippen LogP contribution in [0.15, 0.2) is 0 Å². The van der Waals surface area contributed by atoms with Crippen molar-refractivity contribution < 1.29 is 25.9 Å². The van der Waals surface area contributed by atoms with Crippen LogP contribution in [0.25, 0.3) is 0 Å². The molecule has 2 N–H and O–H groups in total. The topological polar surface area (TPSA) is 87.1 Å². The molecule has 1 fully saturated rings. The fourth-order valence-electron chi connectivity index (χ4n) is 1.47. The van der Waals surface area contributed by atoms with Gasteiger partial charge >= 0.3 is 12.1 Å². The van der Waals surface area contributed by atoms with E-state index in [4.69, 9.17) is 11.2 Å². The van der Waals surface area contributed by atoms with Crippen LogP contribution in [0.5, 0.6) is 0 Å². The Bertz CT molecular complexity index is 336. The number of rotatable bonds is 1. The number of carbonyl (C=O) groups excluding carboxylic acids is 1. The van der Waals surface area contributed by atoms with Crippen LogP contribution in [0.3, 0.4) is 0 Å². The van der Waals surface area contributed by atoms with Crippen molar-refractivity contribution in [2.75, 3.05) is 6.54 Å². The van der Waals surface area contributed by atoms with Crippen LogP contribution in [0, 0.1) is 0 Å². The van der Waals surface area contributed by atoms with E-state index in [2.05, 4.69) is 0 Å². The summed E-state index contributed by atoms with van der Waals surface area (Å²) in [6.45, 7) is 4.96. The van der Waals surface area contributed by atoms with Crippen molar-refractivity contribution in [1.82, 2.24) is 4.90 Å². The normalized spacial score (nSPS) is 31.1. The number of hydrogen-bond acceptors (Lipinski definition) is 4. The van der Waals surface area contributed by atoms with Gasteiger partial charge in [-0.05, 0) is 27.2 Å².